The Hall–Kier alpha value is -1.39. The highest BCUT2D eigenvalue weighted by Crippen LogP contribution is 2.31. The van der Waals surface area contributed by atoms with Crippen LogP contribution >= 0.6 is 23.2 Å². The maximum absolute atomic E-state index is 12.8. The Bertz CT molecular complexity index is 838. The van der Waals surface area contributed by atoms with Gasteiger partial charge in [0.2, 0.25) is 10.0 Å². The highest BCUT2D eigenvalue weighted by atomic mass is 35.5. The van der Waals surface area contributed by atoms with Crippen molar-refractivity contribution in [2.24, 2.45) is 5.92 Å². The number of rotatable bonds is 7. The first kappa shape index (κ1) is 22.9. The van der Waals surface area contributed by atoms with E-state index in [0.29, 0.717) is 6.54 Å². The Morgan fingerprint density at radius 1 is 1.21 bits per heavy atom. The highest BCUT2D eigenvalue weighted by molar-refractivity contribution is 7.89. The van der Waals surface area contributed by atoms with Crippen molar-refractivity contribution >= 4 is 45.1 Å². The van der Waals surface area contributed by atoms with E-state index in [9.17, 15) is 18.0 Å². The van der Waals surface area contributed by atoms with Crippen LogP contribution in [0.4, 0.5) is 0 Å². The molecule has 1 aliphatic heterocycles. The third-order valence-electron chi connectivity index (χ3n) is 3.87. The average molecular weight is 453 g/mol. The van der Waals surface area contributed by atoms with Crippen LogP contribution in [0.1, 0.15) is 24.2 Å². The molecule has 8 nitrogen and oxygen atoms in total. The first-order chi connectivity index (χ1) is 13.1. The summed E-state index contributed by atoms with van der Waals surface area (Å²) in [5.41, 5.74) is -0.186. The number of esters is 1. The largest absolute Gasteiger partial charge is 0.452 e. The van der Waals surface area contributed by atoms with Crippen LogP contribution in [0, 0.1) is 5.92 Å². The summed E-state index contributed by atoms with van der Waals surface area (Å²) in [6.07, 6.45) is 0. The number of carbonyl (C=O) groups excluding carboxylic acids is 2. The predicted octanol–water partition coefficient (Wildman–Crippen LogP) is 1.94. The van der Waals surface area contributed by atoms with Crippen molar-refractivity contribution in [3.05, 3.63) is 27.7 Å². The van der Waals surface area contributed by atoms with E-state index in [-0.39, 0.29) is 52.7 Å². The third kappa shape index (κ3) is 5.81. The molecular formula is C17H22Cl2N2O6S. The SMILES string of the molecule is CC(C)CNC(=O)COC(=O)c1cc(S(=O)(=O)N2CCOCC2)c(Cl)cc1Cl. The predicted molar refractivity (Wildman–Crippen MR) is 104 cm³/mol. The molecule has 2 rings (SSSR count). The molecule has 156 valence electrons. The minimum Gasteiger partial charge on any atom is -0.452 e. The van der Waals surface area contributed by atoms with Crippen LogP contribution in [0.5, 0.6) is 0 Å². The van der Waals surface area contributed by atoms with Gasteiger partial charge >= 0.3 is 5.97 Å². The molecule has 0 spiro atoms. The van der Waals surface area contributed by atoms with Gasteiger partial charge in [-0.3, -0.25) is 4.79 Å². The van der Waals surface area contributed by atoms with E-state index in [0.717, 1.165) is 6.07 Å². The average Bonchev–Trinajstić information content (AvgIpc) is 2.65. The van der Waals surface area contributed by atoms with Crippen LogP contribution in [-0.2, 0) is 24.3 Å². The number of nitrogens with zero attached hydrogens (tertiary/aromatic N) is 1. The number of halogens is 2. The third-order valence-corrected chi connectivity index (χ3v) is 6.55. The Morgan fingerprint density at radius 3 is 2.46 bits per heavy atom. The summed E-state index contributed by atoms with van der Waals surface area (Å²) in [6, 6.07) is 2.25. The lowest BCUT2D eigenvalue weighted by atomic mass is 10.2. The molecule has 1 aromatic carbocycles. The molecule has 28 heavy (non-hydrogen) atoms. The van der Waals surface area contributed by atoms with Crippen LogP contribution in [-0.4, -0.2) is 64.1 Å². The fraction of sp³-hybridized carbons (Fsp3) is 0.529. The van der Waals surface area contributed by atoms with E-state index in [1.54, 1.807) is 0 Å². The standard InChI is InChI=1S/C17H22Cl2N2O6S/c1-11(2)9-20-16(22)10-27-17(23)12-7-15(14(19)8-13(12)18)28(24,25)21-3-5-26-6-4-21/h7-8,11H,3-6,9-10H2,1-2H3,(H,20,22). The van der Waals surface area contributed by atoms with Crippen molar-refractivity contribution in [2.75, 3.05) is 39.5 Å². The molecule has 0 aromatic heterocycles. The minimum atomic E-state index is -3.94. The summed E-state index contributed by atoms with van der Waals surface area (Å²) >= 11 is 12.1. The molecule has 1 aliphatic rings. The number of hydrogen-bond donors (Lipinski definition) is 1. The summed E-state index contributed by atoms with van der Waals surface area (Å²) in [5.74, 6) is -1.13. The van der Waals surface area contributed by atoms with Crippen molar-refractivity contribution in [1.82, 2.24) is 9.62 Å². The second-order valence-corrected chi connectivity index (χ2v) is 9.27. The summed E-state index contributed by atoms with van der Waals surface area (Å²) < 4.78 is 37.0. The van der Waals surface area contributed by atoms with Gasteiger partial charge in [0.1, 0.15) is 4.90 Å². The number of morpholine rings is 1. The molecule has 11 heteroatoms. The number of sulfonamides is 1. The maximum atomic E-state index is 12.8. The Labute approximate surface area is 174 Å². The zero-order valence-electron chi connectivity index (χ0n) is 15.5. The second-order valence-electron chi connectivity index (χ2n) is 6.55. The van der Waals surface area contributed by atoms with Gasteiger partial charge in [0.25, 0.3) is 5.91 Å². The fourth-order valence-corrected chi connectivity index (χ4v) is 4.62. The first-order valence-corrected chi connectivity index (χ1v) is 10.8. The Balaban J connectivity index is 2.18. The Kier molecular flexibility index (Phi) is 8.08. The van der Waals surface area contributed by atoms with Crippen molar-refractivity contribution < 1.29 is 27.5 Å². The minimum absolute atomic E-state index is 0.0708. The summed E-state index contributed by atoms with van der Waals surface area (Å²) in [4.78, 5) is 23.8. The smallest absolute Gasteiger partial charge is 0.340 e. The van der Waals surface area contributed by atoms with Crippen LogP contribution in [0.2, 0.25) is 10.0 Å². The van der Waals surface area contributed by atoms with Gasteiger partial charge in [-0.15, -0.1) is 0 Å². The van der Waals surface area contributed by atoms with Gasteiger partial charge in [-0.05, 0) is 18.1 Å². The van der Waals surface area contributed by atoms with E-state index >= 15 is 0 Å². The molecule has 1 heterocycles. The number of hydrogen-bond acceptors (Lipinski definition) is 6. The lowest BCUT2D eigenvalue weighted by molar-refractivity contribution is -0.124. The van der Waals surface area contributed by atoms with E-state index < -0.39 is 28.5 Å². The molecule has 0 saturated carbocycles. The molecule has 1 fully saturated rings. The zero-order valence-corrected chi connectivity index (χ0v) is 17.9. The van der Waals surface area contributed by atoms with Crippen molar-refractivity contribution in [3.8, 4) is 0 Å². The number of carbonyl (C=O) groups is 2. The van der Waals surface area contributed by atoms with Crippen LogP contribution < -0.4 is 5.32 Å². The van der Waals surface area contributed by atoms with Crippen LogP contribution in [0.3, 0.4) is 0 Å². The molecule has 1 aromatic rings. The first-order valence-electron chi connectivity index (χ1n) is 8.63. The van der Waals surface area contributed by atoms with E-state index in [2.05, 4.69) is 5.32 Å². The van der Waals surface area contributed by atoms with Gasteiger partial charge in [-0.1, -0.05) is 37.0 Å². The van der Waals surface area contributed by atoms with Crippen molar-refractivity contribution in [2.45, 2.75) is 18.7 Å². The van der Waals surface area contributed by atoms with Crippen LogP contribution in [0.15, 0.2) is 17.0 Å². The van der Waals surface area contributed by atoms with Crippen molar-refractivity contribution in [1.29, 1.82) is 0 Å². The molecule has 0 atom stereocenters. The summed E-state index contributed by atoms with van der Waals surface area (Å²) in [7, 11) is -3.94. The second kappa shape index (κ2) is 9.89. The van der Waals surface area contributed by atoms with Crippen molar-refractivity contribution in [3.63, 3.8) is 0 Å². The fourth-order valence-electron chi connectivity index (χ4n) is 2.39. The molecule has 1 amide bonds. The molecule has 0 radical (unpaired) electrons. The molecule has 0 aliphatic carbocycles. The maximum Gasteiger partial charge on any atom is 0.340 e. The number of benzene rings is 1. The Morgan fingerprint density at radius 2 is 1.86 bits per heavy atom. The summed E-state index contributed by atoms with van der Waals surface area (Å²) in [5, 5.41) is 2.43. The van der Waals surface area contributed by atoms with Gasteiger partial charge in [0.15, 0.2) is 6.61 Å². The topological polar surface area (TPSA) is 102 Å². The van der Waals surface area contributed by atoms with E-state index in [1.165, 1.54) is 10.4 Å². The normalized spacial score (nSPS) is 15.5. The van der Waals surface area contributed by atoms with E-state index in [4.69, 9.17) is 32.7 Å². The molecular weight excluding hydrogens is 431 g/mol. The lowest BCUT2D eigenvalue weighted by Crippen LogP contribution is -2.40. The van der Waals surface area contributed by atoms with Gasteiger partial charge in [0.05, 0.1) is 28.8 Å². The quantitative estimate of drug-likeness (QED) is 0.634. The number of amides is 1. The molecule has 0 unspecified atom stereocenters. The zero-order chi connectivity index (χ0) is 20.9. The summed E-state index contributed by atoms with van der Waals surface area (Å²) in [6.45, 7) is 4.69. The van der Waals surface area contributed by atoms with Gasteiger partial charge in [-0.25, -0.2) is 13.2 Å². The number of ether oxygens (including phenoxy) is 2. The van der Waals surface area contributed by atoms with E-state index in [1.807, 2.05) is 13.8 Å². The highest BCUT2D eigenvalue weighted by Gasteiger charge is 2.30. The molecule has 1 saturated heterocycles. The number of nitrogens with one attached hydrogen (secondary N) is 1. The van der Waals surface area contributed by atoms with Gasteiger partial charge in [-0.2, -0.15) is 4.31 Å². The van der Waals surface area contributed by atoms with Gasteiger partial charge in [0, 0.05) is 19.6 Å². The van der Waals surface area contributed by atoms with Crippen LogP contribution in [0.25, 0.3) is 0 Å². The molecule has 0 bridgehead atoms. The monoisotopic (exact) mass is 452 g/mol. The lowest BCUT2D eigenvalue weighted by Gasteiger charge is -2.26. The molecule has 1 N–H and O–H groups in total. The van der Waals surface area contributed by atoms with Gasteiger partial charge < -0.3 is 14.8 Å².